The Hall–Kier alpha value is -2.22. The van der Waals surface area contributed by atoms with Crippen LogP contribution in [0, 0.1) is 23.0 Å². The Balaban J connectivity index is 0.000000212. The number of cyclic esters (lactones) is 1. The number of piperidine rings is 1. The van der Waals surface area contributed by atoms with Crippen LogP contribution in [0.2, 0.25) is 0 Å². The molecule has 0 spiro atoms. The van der Waals surface area contributed by atoms with Crippen molar-refractivity contribution in [3.05, 3.63) is 35.4 Å². The fourth-order valence-electron chi connectivity index (χ4n) is 6.66. The zero-order valence-electron chi connectivity index (χ0n) is 23.5. The number of carbonyl (C=O) groups excluding carboxylic acids is 2. The second-order valence-electron chi connectivity index (χ2n) is 11.5. The molecule has 0 radical (unpaired) electrons. The van der Waals surface area contributed by atoms with Crippen molar-refractivity contribution >= 4 is 12.5 Å². The Morgan fingerprint density at radius 2 is 1.63 bits per heavy atom. The zero-order chi connectivity index (χ0) is 27.5. The van der Waals surface area contributed by atoms with Crippen molar-refractivity contribution in [2.45, 2.75) is 89.5 Å². The Morgan fingerprint density at radius 1 is 1.03 bits per heavy atom. The summed E-state index contributed by atoms with van der Waals surface area (Å²) in [6.07, 6.45) is 13.8. The van der Waals surface area contributed by atoms with E-state index >= 15 is 0 Å². The molecule has 0 bridgehead atoms. The van der Waals surface area contributed by atoms with E-state index in [1.54, 1.807) is 6.07 Å². The van der Waals surface area contributed by atoms with Crippen molar-refractivity contribution in [2.75, 3.05) is 40.3 Å². The third-order valence-corrected chi connectivity index (χ3v) is 8.87. The van der Waals surface area contributed by atoms with Gasteiger partial charge in [-0.1, -0.05) is 38.2 Å². The van der Waals surface area contributed by atoms with E-state index < -0.39 is 5.82 Å². The smallest absolute Gasteiger partial charge is 0.410 e. The molecule has 5 rings (SSSR count). The Labute approximate surface area is 227 Å². The number of hydrogen-bond donors (Lipinski definition) is 1. The lowest BCUT2D eigenvalue weighted by atomic mass is 9.63. The molecular formula is C30H47F2N3O3. The van der Waals surface area contributed by atoms with Crippen LogP contribution < -0.4 is 5.32 Å². The average Bonchev–Trinajstić information content (AvgIpc) is 3.57. The Kier molecular flexibility index (Phi) is 11.8. The van der Waals surface area contributed by atoms with Gasteiger partial charge in [0.2, 0.25) is 6.41 Å². The normalized spacial score (nSPS) is 23.7. The van der Waals surface area contributed by atoms with Gasteiger partial charge in [-0.3, -0.25) is 4.79 Å². The molecule has 2 saturated heterocycles. The topological polar surface area (TPSA) is 61.9 Å². The maximum absolute atomic E-state index is 13.3. The van der Waals surface area contributed by atoms with Crippen LogP contribution in [-0.4, -0.2) is 68.7 Å². The fraction of sp³-hybridized carbons (Fsp3) is 0.733. The van der Waals surface area contributed by atoms with Gasteiger partial charge in [-0.05, 0) is 88.4 Å². The monoisotopic (exact) mass is 535 g/mol. The third-order valence-electron chi connectivity index (χ3n) is 8.87. The first-order chi connectivity index (χ1) is 18.3. The molecule has 214 valence electrons. The van der Waals surface area contributed by atoms with Gasteiger partial charge in [-0.2, -0.15) is 0 Å². The van der Waals surface area contributed by atoms with Crippen LogP contribution in [0.4, 0.5) is 13.6 Å². The van der Waals surface area contributed by atoms with Crippen LogP contribution >= 0.6 is 0 Å². The summed E-state index contributed by atoms with van der Waals surface area (Å²) >= 11 is 0. The molecule has 8 heteroatoms. The summed E-state index contributed by atoms with van der Waals surface area (Å²) in [7, 11) is 3.75. The van der Waals surface area contributed by atoms with E-state index in [-0.39, 0.29) is 23.4 Å². The second kappa shape index (κ2) is 14.8. The van der Waals surface area contributed by atoms with E-state index in [0.29, 0.717) is 24.0 Å². The van der Waals surface area contributed by atoms with E-state index in [2.05, 4.69) is 12.2 Å². The van der Waals surface area contributed by atoms with Crippen LogP contribution in [0.15, 0.2) is 18.2 Å². The highest BCUT2D eigenvalue weighted by molar-refractivity contribution is 5.70. The molecule has 0 aromatic heterocycles. The Morgan fingerprint density at radius 3 is 2.16 bits per heavy atom. The van der Waals surface area contributed by atoms with Gasteiger partial charge in [0.1, 0.15) is 18.2 Å². The molecule has 1 aromatic rings. The molecule has 6 nitrogen and oxygen atoms in total. The number of ether oxygens (including phenoxy) is 1. The van der Waals surface area contributed by atoms with Gasteiger partial charge in [0.15, 0.2) is 0 Å². The van der Waals surface area contributed by atoms with E-state index in [4.69, 9.17) is 4.74 Å². The lowest BCUT2D eigenvalue weighted by Crippen LogP contribution is -2.51. The van der Waals surface area contributed by atoms with Crippen molar-refractivity contribution in [1.29, 1.82) is 0 Å². The molecule has 1 aromatic carbocycles. The standard InChI is InChI=1S/C17H28N2O3.C11H12F2.C2H7N/c1-14-11-22-16(21)19(14)12-17(15-5-3-2-4-6-15)7-9-18(13-20)10-8-17;12-9-5-6-10(11(13)7-9)8-3-1-2-4-8;1-3-2/h13-15H,2-12H2,1H3;5-8H,1-4H2;3H,1-2H3. The summed E-state index contributed by atoms with van der Waals surface area (Å²) in [6, 6.07) is 4.09. The van der Waals surface area contributed by atoms with Gasteiger partial charge in [-0.15, -0.1) is 0 Å². The number of rotatable bonds is 5. The van der Waals surface area contributed by atoms with Gasteiger partial charge in [0.05, 0.1) is 6.04 Å². The molecule has 1 N–H and O–H groups in total. The summed E-state index contributed by atoms with van der Waals surface area (Å²) in [6.45, 7) is 5.05. The van der Waals surface area contributed by atoms with Gasteiger partial charge in [0.25, 0.3) is 0 Å². The quantitative estimate of drug-likeness (QED) is 0.463. The van der Waals surface area contributed by atoms with Crippen molar-refractivity contribution in [3.8, 4) is 0 Å². The maximum atomic E-state index is 13.3. The lowest BCUT2D eigenvalue weighted by molar-refractivity contribution is -0.121. The Bertz CT molecular complexity index is 879. The van der Waals surface area contributed by atoms with E-state index in [1.807, 2.05) is 23.9 Å². The molecule has 4 fully saturated rings. The minimum Gasteiger partial charge on any atom is -0.447 e. The van der Waals surface area contributed by atoms with Gasteiger partial charge in [0, 0.05) is 25.7 Å². The van der Waals surface area contributed by atoms with Crippen molar-refractivity contribution in [3.63, 3.8) is 0 Å². The summed E-state index contributed by atoms with van der Waals surface area (Å²) in [4.78, 5) is 26.9. The fourth-order valence-corrected chi connectivity index (χ4v) is 6.66. The number of amides is 2. The third kappa shape index (κ3) is 7.90. The number of hydrogen-bond acceptors (Lipinski definition) is 4. The summed E-state index contributed by atoms with van der Waals surface area (Å²) in [5.74, 6) is 0.141. The first-order valence-electron chi connectivity index (χ1n) is 14.5. The lowest BCUT2D eigenvalue weighted by Gasteiger charge is -2.49. The first-order valence-corrected chi connectivity index (χ1v) is 14.5. The minimum atomic E-state index is -0.487. The minimum absolute atomic E-state index is 0.152. The molecule has 2 aliphatic heterocycles. The molecule has 2 heterocycles. The van der Waals surface area contributed by atoms with Crippen LogP contribution in [0.1, 0.15) is 89.0 Å². The molecule has 1 atom stereocenters. The molecule has 1 unspecified atom stereocenters. The molecule has 2 aliphatic carbocycles. The second-order valence-corrected chi connectivity index (χ2v) is 11.5. The van der Waals surface area contributed by atoms with E-state index in [0.717, 1.165) is 57.8 Å². The number of nitrogens with one attached hydrogen (secondary N) is 1. The summed E-state index contributed by atoms with van der Waals surface area (Å²) in [5, 5.41) is 2.75. The van der Waals surface area contributed by atoms with Gasteiger partial charge in [-0.25, -0.2) is 13.6 Å². The SMILES string of the molecule is CC1COC(=O)N1CC1(C2CCCCC2)CCN(C=O)CC1.CNC.Fc1ccc(C2CCCC2)c(F)c1. The molecule has 2 saturated carbocycles. The molecule has 2 amide bonds. The van der Waals surface area contributed by atoms with Crippen molar-refractivity contribution in [2.24, 2.45) is 11.3 Å². The average molecular weight is 536 g/mol. The first kappa shape index (κ1) is 30.3. The number of carbonyl (C=O) groups is 2. The molecule has 4 aliphatic rings. The highest BCUT2D eigenvalue weighted by Crippen LogP contribution is 2.47. The number of halogens is 2. The van der Waals surface area contributed by atoms with Gasteiger partial charge >= 0.3 is 6.09 Å². The predicted molar refractivity (Wildman–Crippen MR) is 146 cm³/mol. The van der Waals surface area contributed by atoms with Crippen molar-refractivity contribution < 1.29 is 23.1 Å². The van der Waals surface area contributed by atoms with Crippen molar-refractivity contribution in [1.82, 2.24) is 15.1 Å². The van der Waals surface area contributed by atoms with Crippen LogP contribution in [0.25, 0.3) is 0 Å². The van der Waals surface area contributed by atoms with Gasteiger partial charge < -0.3 is 19.9 Å². The largest absolute Gasteiger partial charge is 0.447 e. The summed E-state index contributed by atoms with van der Waals surface area (Å²) < 4.78 is 31.1. The van der Waals surface area contributed by atoms with Crippen LogP contribution in [0.5, 0.6) is 0 Å². The highest BCUT2D eigenvalue weighted by atomic mass is 19.1. The molecule has 38 heavy (non-hydrogen) atoms. The van der Waals surface area contributed by atoms with E-state index in [1.165, 1.54) is 51.0 Å². The highest BCUT2D eigenvalue weighted by Gasteiger charge is 2.45. The number of nitrogens with zero attached hydrogens (tertiary/aromatic N) is 2. The van der Waals surface area contributed by atoms with E-state index in [9.17, 15) is 18.4 Å². The predicted octanol–water partition coefficient (Wildman–Crippen LogP) is 6.10. The number of benzene rings is 1. The number of likely N-dealkylation sites (tertiary alicyclic amines) is 1. The van der Waals surface area contributed by atoms with Crippen LogP contribution in [-0.2, 0) is 9.53 Å². The zero-order valence-corrected chi connectivity index (χ0v) is 23.5. The molecular weight excluding hydrogens is 488 g/mol. The maximum Gasteiger partial charge on any atom is 0.410 e. The van der Waals surface area contributed by atoms with Crippen LogP contribution in [0.3, 0.4) is 0 Å². The summed E-state index contributed by atoms with van der Waals surface area (Å²) in [5.41, 5.74) is 0.872.